The molecule has 0 heterocycles. The highest BCUT2D eigenvalue weighted by molar-refractivity contribution is 7.92. The topological polar surface area (TPSA) is 84.5 Å². The number of ether oxygens (including phenoxy) is 1. The van der Waals surface area contributed by atoms with E-state index in [0.29, 0.717) is 17.0 Å². The highest BCUT2D eigenvalue weighted by Crippen LogP contribution is 2.24. The van der Waals surface area contributed by atoms with Gasteiger partial charge in [0.2, 0.25) is 0 Å². The zero-order valence-corrected chi connectivity index (χ0v) is 16.6. The summed E-state index contributed by atoms with van der Waals surface area (Å²) < 4.78 is 46.8. The van der Waals surface area contributed by atoms with Crippen LogP contribution >= 0.6 is 0 Å². The molecule has 3 rings (SSSR count). The fraction of sp³-hybridized carbons (Fsp3) is 0.0952. The molecule has 0 atom stereocenters. The van der Waals surface area contributed by atoms with Crippen LogP contribution in [-0.2, 0) is 10.0 Å². The van der Waals surface area contributed by atoms with E-state index < -0.39 is 21.7 Å². The third-order valence-corrected chi connectivity index (χ3v) is 5.61. The van der Waals surface area contributed by atoms with E-state index in [1.54, 1.807) is 43.3 Å². The van der Waals surface area contributed by atoms with E-state index in [4.69, 9.17) is 4.74 Å². The minimum absolute atomic E-state index is 0.0391. The van der Waals surface area contributed by atoms with Crippen molar-refractivity contribution in [3.63, 3.8) is 0 Å². The van der Waals surface area contributed by atoms with Crippen LogP contribution in [0.1, 0.15) is 15.9 Å². The fourth-order valence-electron chi connectivity index (χ4n) is 2.61. The predicted molar refractivity (Wildman–Crippen MR) is 109 cm³/mol. The number of amides is 1. The summed E-state index contributed by atoms with van der Waals surface area (Å²) in [5.74, 6) is -0.724. The molecule has 8 heteroatoms. The van der Waals surface area contributed by atoms with Gasteiger partial charge in [0.25, 0.3) is 15.9 Å². The van der Waals surface area contributed by atoms with Crippen LogP contribution in [0.2, 0.25) is 0 Å². The molecule has 0 bridgehead atoms. The summed E-state index contributed by atoms with van der Waals surface area (Å²) >= 11 is 0. The van der Waals surface area contributed by atoms with Crippen molar-refractivity contribution in [2.45, 2.75) is 11.8 Å². The summed E-state index contributed by atoms with van der Waals surface area (Å²) in [5, 5.41) is 2.57. The molecule has 1 amide bonds. The molecule has 0 saturated carbocycles. The van der Waals surface area contributed by atoms with Crippen molar-refractivity contribution in [2.24, 2.45) is 0 Å². The van der Waals surface area contributed by atoms with Gasteiger partial charge < -0.3 is 10.1 Å². The quantitative estimate of drug-likeness (QED) is 0.633. The molecule has 0 saturated heterocycles. The number of carbonyl (C=O) groups excluding carboxylic acids is 1. The van der Waals surface area contributed by atoms with Gasteiger partial charge in [0.05, 0.1) is 17.6 Å². The van der Waals surface area contributed by atoms with Gasteiger partial charge in [-0.15, -0.1) is 0 Å². The third kappa shape index (κ3) is 4.72. The number of hydrogen-bond acceptors (Lipinski definition) is 4. The van der Waals surface area contributed by atoms with Gasteiger partial charge in [-0.1, -0.05) is 18.2 Å². The van der Waals surface area contributed by atoms with E-state index in [0.717, 1.165) is 0 Å². The predicted octanol–water partition coefficient (Wildman–Crippen LogP) is 4.20. The second kappa shape index (κ2) is 8.32. The number of aryl methyl sites for hydroxylation is 1. The Morgan fingerprint density at radius 3 is 2.34 bits per heavy atom. The largest absolute Gasteiger partial charge is 0.497 e. The first kappa shape index (κ1) is 20.3. The maximum absolute atomic E-state index is 13.8. The second-order valence-corrected chi connectivity index (χ2v) is 7.93. The molecule has 29 heavy (non-hydrogen) atoms. The van der Waals surface area contributed by atoms with Gasteiger partial charge in [0.15, 0.2) is 0 Å². The van der Waals surface area contributed by atoms with E-state index >= 15 is 0 Å². The average Bonchev–Trinajstić information content (AvgIpc) is 2.70. The molecule has 2 N–H and O–H groups in total. The van der Waals surface area contributed by atoms with Crippen molar-refractivity contribution in [1.82, 2.24) is 0 Å². The van der Waals surface area contributed by atoms with Crippen LogP contribution < -0.4 is 14.8 Å². The van der Waals surface area contributed by atoms with Crippen LogP contribution in [0.4, 0.5) is 15.8 Å². The van der Waals surface area contributed by atoms with Crippen LogP contribution in [-0.4, -0.2) is 21.4 Å². The van der Waals surface area contributed by atoms with E-state index in [9.17, 15) is 17.6 Å². The lowest BCUT2D eigenvalue weighted by Crippen LogP contribution is -2.16. The molecule has 0 aliphatic heterocycles. The number of sulfonamides is 1. The lowest BCUT2D eigenvalue weighted by Gasteiger charge is -2.13. The van der Waals surface area contributed by atoms with Gasteiger partial charge in [-0.05, 0) is 61.0 Å². The van der Waals surface area contributed by atoms with Crippen molar-refractivity contribution in [2.75, 3.05) is 17.1 Å². The lowest BCUT2D eigenvalue weighted by atomic mass is 10.1. The number of benzene rings is 3. The molecule has 0 unspecified atom stereocenters. The SMILES string of the molecule is COc1ccc(NS(=O)(=O)c2ccc(C)c(NC(=O)c3ccccc3F)c2)cc1. The molecule has 0 fully saturated rings. The summed E-state index contributed by atoms with van der Waals surface area (Å²) in [7, 11) is -2.38. The van der Waals surface area contributed by atoms with Gasteiger partial charge >= 0.3 is 0 Å². The molecular weight excluding hydrogens is 395 g/mol. The van der Waals surface area contributed by atoms with E-state index in [2.05, 4.69) is 10.0 Å². The maximum atomic E-state index is 13.8. The zero-order chi connectivity index (χ0) is 21.0. The fourth-order valence-corrected chi connectivity index (χ4v) is 3.70. The van der Waals surface area contributed by atoms with Gasteiger partial charge in [-0.2, -0.15) is 0 Å². The highest BCUT2D eigenvalue weighted by atomic mass is 32.2. The highest BCUT2D eigenvalue weighted by Gasteiger charge is 2.18. The summed E-state index contributed by atoms with van der Waals surface area (Å²) in [6.45, 7) is 1.71. The third-order valence-electron chi connectivity index (χ3n) is 4.23. The molecule has 150 valence electrons. The molecule has 3 aromatic carbocycles. The maximum Gasteiger partial charge on any atom is 0.261 e. The molecule has 0 radical (unpaired) electrons. The number of nitrogens with one attached hydrogen (secondary N) is 2. The number of hydrogen-bond donors (Lipinski definition) is 2. The van der Waals surface area contributed by atoms with Crippen LogP contribution in [0.15, 0.2) is 71.6 Å². The van der Waals surface area contributed by atoms with Crippen molar-refractivity contribution >= 4 is 27.3 Å². The number of halogens is 1. The van der Waals surface area contributed by atoms with Crippen molar-refractivity contribution < 1.29 is 22.3 Å². The first-order valence-electron chi connectivity index (χ1n) is 8.63. The second-order valence-electron chi connectivity index (χ2n) is 6.24. The van der Waals surface area contributed by atoms with Crippen molar-refractivity contribution in [3.8, 4) is 5.75 Å². The normalized spacial score (nSPS) is 11.0. The summed E-state index contributed by atoms with van der Waals surface area (Å²) in [5.41, 5.74) is 1.15. The smallest absolute Gasteiger partial charge is 0.261 e. The molecule has 3 aromatic rings. The monoisotopic (exact) mass is 414 g/mol. The van der Waals surface area contributed by atoms with Gasteiger partial charge in [-0.25, -0.2) is 12.8 Å². The number of anilines is 2. The Morgan fingerprint density at radius 1 is 1.00 bits per heavy atom. The van der Waals surface area contributed by atoms with Gasteiger partial charge in [0, 0.05) is 11.4 Å². The lowest BCUT2D eigenvalue weighted by molar-refractivity contribution is 0.102. The van der Waals surface area contributed by atoms with Crippen LogP contribution in [0.3, 0.4) is 0 Å². The van der Waals surface area contributed by atoms with E-state index in [1.807, 2.05) is 0 Å². The minimum Gasteiger partial charge on any atom is -0.497 e. The molecule has 0 spiro atoms. The van der Waals surface area contributed by atoms with Crippen molar-refractivity contribution in [1.29, 1.82) is 0 Å². The summed E-state index contributed by atoms with van der Waals surface area (Å²) in [6.07, 6.45) is 0. The van der Waals surface area contributed by atoms with Crippen LogP contribution in [0.5, 0.6) is 5.75 Å². The Hall–Kier alpha value is -3.39. The number of methoxy groups -OCH3 is 1. The molecule has 0 aliphatic rings. The van der Waals surface area contributed by atoms with Gasteiger partial charge in [-0.3, -0.25) is 9.52 Å². The van der Waals surface area contributed by atoms with E-state index in [1.165, 1.54) is 37.4 Å². The van der Waals surface area contributed by atoms with Crippen LogP contribution in [0, 0.1) is 12.7 Å². The summed E-state index contributed by atoms with van der Waals surface area (Å²) in [6, 6.07) is 16.3. The molecule has 6 nitrogen and oxygen atoms in total. The van der Waals surface area contributed by atoms with Crippen LogP contribution in [0.25, 0.3) is 0 Å². The first-order valence-corrected chi connectivity index (χ1v) is 10.1. The molecule has 0 aliphatic carbocycles. The standard InChI is InChI=1S/C21H19FN2O4S/c1-14-7-12-17(29(26,27)24-15-8-10-16(28-2)11-9-15)13-20(14)23-21(25)18-5-3-4-6-19(18)22/h3-13,24H,1-2H3,(H,23,25). The Balaban J connectivity index is 1.85. The summed E-state index contributed by atoms with van der Waals surface area (Å²) in [4.78, 5) is 12.3. The molecular formula is C21H19FN2O4S. The minimum atomic E-state index is -3.90. The Morgan fingerprint density at radius 2 is 1.69 bits per heavy atom. The Kier molecular flexibility index (Phi) is 5.84. The average molecular weight is 414 g/mol. The number of rotatable bonds is 6. The van der Waals surface area contributed by atoms with E-state index in [-0.39, 0.29) is 16.1 Å². The zero-order valence-electron chi connectivity index (χ0n) is 15.8. The molecule has 0 aromatic heterocycles. The first-order chi connectivity index (χ1) is 13.8. The van der Waals surface area contributed by atoms with Crippen molar-refractivity contribution in [3.05, 3.63) is 83.7 Å². The van der Waals surface area contributed by atoms with Gasteiger partial charge in [0.1, 0.15) is 11.6 Å². The number of carbonyl (C=O) groups is 1. The Labute approximate surface area is 168 Å². The Bertz CT molecular complexity index is 1150.